The number of carbonyl (C=O) groups is 2. The van der Waals surface area contributed by atoms with E-state index in [1.807, 2.05) is 24.3 Å². The predicted octanol–water partition coefficient (Wildman–Crippen LogP) is 3.45. The van der Waals surface area contributed by atoms with Gasteiger partial charge in [-0.2, -0.15) is 0 Å². The normalized spacial score (nSPS) is 10.7. The lowest BCUT2D eigenvalue weighted by Gasteiger charge is -2.11. The minimum atomic E-state index is -0.0264. The summed E-state index contributed by atoms with van der Waals surface area (Å²) >= 11 is 0. The summed E-state index contributed by atoms with van der Waals surface area (Å²) in [6, 6.07) is 15.6. The van der Waals surface area contributed by atoms with Crippen LogP contribution in [-0.4, -0.2) is 30.8 Å². The molecule has 0 saturated carbocycles. The highest BCUT2D eigenvalue weighted by atomic mass is 16.2. The lowest BCUT2D eigenvalue weighted by Crippen LogP contribution is -2.25. The van der Waals surface area contributed by atoms with Gasteiger partial charge in [-0.25, -0.2) is 0 Å². The van der Waals surface area contributed by atoms with Gasteiger partial charge in [0.15, 0.2) is 0 Å². The molecule has 2 amide bonds. The maximum atomic E-state index is 12.1. The molecule has 0 saturated heterocycles. The fraction of sp³-hybridized carbons (Fsp3) is 0.364. The van der Waals surface area contributed by atoms with Crippen molar-refractivity contribution in [1.82, 2.24) is 10.2 Å². The zero-order valence-electron chi connectivity index (χ0n) is 16.1. The smallest absolute Gasteiger partial charge is 0.253 e. The van der Waals surface area contributed by atoms with E-state index in [4.69, 9.17) is 0 Å². The van der Waals surface area contributed by atoms with Crippen molar-refractivity contribution >= 4 is 11.8 Å². The van der Waals surface area contributed by atoms with E-state index in [0.717, 1.165) is 17.5 Å². The van der Waals surface area contributed by atoms with Crippen molar-refractivity contribution in [2.45, 2.75) is 33.2 Å². The highest BCUT2D eigenvalue weighted by Crippen LogP contribution is 2.11. The second-order valence-electron chi connectivity index (χ2n) is 7.26. The molecule has 0 aromatic heterocycles. The topological polar surface area (TPSA) is 49.4 Å². The van der Waals surface area contributed by atoms with Gasteiger partial charge in [-0.1, -0.05) is 50.2 Å². The first kappa shape index (κ1) is 19.7. The highest BCUT2D eigenvalue weighted by Gasteiger charge is 2.08. The number of benzene rings is 2. The van der Waals surface area contributed by atoms with Crippen molar-refractivity contribution in [2.75, 3.05) is 14.1 Å². The summed E-state index contributed by atoms with van der Waals surface area (Å²) in [6.45, 7) is 4.86. The van der Waals surface area contributed by atoms with Gasteiger partial charge < -0.3 is 10.2 Å². The Morgan fingerprint density at radius 3 is 1.96 bits per heavy atom. The summed E-state index contributed by atoms with van der Waals surface area (Å²) in [5.74, 6) is 0.597. The van der Waals surface area contributed by atoms with Crippen LogP contribution in [-0.2, 0) is 24.2 Å². The monoisotopic (exact) mass is 352 g/mol. The molecule has 0 bridgehead atoms. The van der Waals surface area contributed by atoms with E-state index in [1.165, 1.54) is 5.56 Å². The maximum absolute atomic E-state index is 12.1. The van der Waals surface area contributed by atoms with Crippen LogP contribution in [0, 0.1) is 5.92 Å². The molecule has 0 aliphatic carbocycles. The van der Waals surface area contributed by atoms with E-state index >= 15 is 0 Å². The molecule has 26 heavy (non-hydrogen) atoms. The Morgan fingerprint density at radius 1 is 0.885 bits per heavy atom. The van der Waals surface area contributed by atoms with E-state index in [0.29, 0.717) is 24.4 Å². The van der Waals surface area contributed by atoms with E-state index in [2.05, 4.69) is 31.3 Å². The first-order valence-electron chi connectivity index (χ1n) is 9.00. The molecule has 0 radical (unpaired) electrons. The molecule has 0 fully saturated rings. The number of hydrogen-bond donors (Lipinski definition) is 1. The second-order valence-corrected chi connectivity index (χ2v) is 7.26. The van der Waals surface area contributed by atoms with Crippen molar-refractivity contribution in [3.63, 3.8) is 0 Å². The molecular weight excluding hydrogens is 324 g/mol. The Morgan fingerprint density at radius 2 is 1.42 bits per heavy atom. The molecule has 1 N–H and O–H groups in total. The van der Waals surface area contributed by atoms with Crippen LogP contribution >= 0.6 is 0 Å². The highest BCUT2D eigenvalue weighted by molar-refractivity contribution is 5.93. The molecule has 4 nitrogen and oxygen atoms in total. The summed E-state index contributed by atoms with van der Waals surface area (Å²) in [7, 11) is 3.46. The van der Waals surface area contributed by atoms with Gasteiger partial charge in [0.25, 0.3) is 5.91 Å². The Bertz CT molecular complexity index is 732. The molecule has 0 heterocycles. The van der Waals surface area contributed by atoms with Gasteiger partial charge in [-0.05, 0) is 41.2 Å². The van der Waals surface area contributed by atoms with Crippen LogP contribution in [0.3, 0.4) is 0 Å². The Balaban J connectivity index is 1.84. The molecule has 0 atom stereocenters. The lowest BCUT2D eigenvalue weighted by molar-refractivity contribution is -0.120. The lowest BCUT2D eigenvalue weighted by atomic mass is 10.0. The number of rotatable bonds is 7. The molecule has 0 aliphatic heterocycles. The molecule has 2 aromatic rings. The molecule has 4 heteroatoms. The van der Waals surface area contributed by atoms with Gasteiger partial charge in [0.1, 0.15) is 0 Å². The summed E-state index contributed by atoms with van der Waals surface area (Å²) in [6.07, 6.45) is 1.43. The van der Waals surface area contributed by atoms with Crippen LogP contribution in [0.25, 0.3) is 0 Å². The quantitative estimate of drug-likeness (QED) is 0.830. The molecule has 0 spiro atoms. The fourth-order valence-electron chi connectivity index (χ4n) is 2.74. The largest absolute Gasteiger partial charge is 0.352 e. The maximum Gasteiger partial charge on any atom is 0.253 e. The van der Waals surface area contributed by atoms with Gasteiger partial charge in [0.05, 0.1) is 6.42 Å². The van der Waals surface area contributed by atoms with Crippen LogP contribution in [0.2, 0.25) is 0 Å². The number of amides is 2. The van der Waals surface area contributed by atoms with E-state index in [1.54, 1.807) is 31.1 Å². The van der Waals surface area contributed by atoms with Gasteiger partial charge in [-0.15, -0.1) is 0 Å². The Hall–Kier alpha value is -2.62. The third-order valence-corrected chi connectivity index (χ3v) is 4.13. The average molecular weight is 352 g/mol. The van der Waals surface area contributed by atoms with Crippen LogP contribution in [0.5, 0.6) is 0 Å². The summed E-state index contributed by atoms with van der Waals surface area (Å²) < 4.78 is 0. The number of nitrogens with one attached hydrogen (secondary N) is 1. The fourth-order valence-corrected chi connectivity index (χ4v) is 2.74. The SMILES string of the molecule is CC(C)Cc1ccc(CC(=O)NCc2ccc(C(=O)N(C)C)cc2)cc1. The predicted molar refractivity (Wildman–Crippen MR) is 105 cm³/mol. The molecule has 0 unspecified atom stereocenters. The van der Waals surface area contributed by atoms with Crippen molar-refractivity contribution in [3.8, 4) is 0 Å². The van der Waals surface area contributed by atoms with Gasteiger partial charge >= 0.3 is 0 Å². The summed E-state index contributed by atoms with van der Waals surface area (Å²) in [5, 5.41) is 2.93. The zero-order valence-corrected chi connectivity index (χ0v) is 16.1. The summed E-state index contributed by atoms with van der Waals surface area (Å²) in [4.78, 5) is 25.6. The van der Waals surface area contributed by atoms with E-state index in [9.17, 15) is 9.59 Å². The third kappa shape index (κ3) is 6.03. The van der Waals surface area contributed by atoms with Crippen LogP contribution < -0.4 is 5.32 Å². The average Bonchev–Trinajstić information content (AvgIpc) is 2.61. The van der Waals surface area contributed by atoms with Crippen LogP contribution in [0.4, 0.5) is 0 Å². The molecular formula is C22H28N2O2. The number of hydrogen-bond acceptors (Lipinski definition) is 2. The van der Waals surface area contributed by atoms with Gasteiger partial charge in [0.2, 0.25) is 5.91 Å². The van der Waals surface area contributed by atoms with E-state index in [-0.39, 0.29) is 11.8 Å². The van der Waals surface area contributed by atoms with Crippen molar-refractivity contribution < 1.29 is 9.59 Å². The van der Waals surface area contributed by atoms with Crippen molar-refractivity contribution in [1.29, 1.82) is 0 Å². The molecule has 2 aromatic carbocycles. The second kappa shape index (κ2) is 9.18. The Labute approximate surface area is 156 Å². The van der Waals surface area contributed by atoms with Crippen molar-refractivity contribution in [3.05, 3.63) is 70.8 Å². The molecule has 138 valence electrons. The Kier molecular flexibility index (Phi) is 6.96. The van der Waals surface area contributed by atoms with Crippen LogP contribution in [0.15, 0.2) is 48.5 Å². The minimum Gasteiger partial charge on any atom is -0.352 e. The minimum absolute atomic E-state index is 0.00458. The number of nitrogens with zero attached hydrogens (tertiary/aromatic N) is 1. The summed E-state index contributed by atoms with van der Waals surface area (Å²) in [5.41, 5.74) is 3.94. The van der Waals surface area contributed by atoms with Gasteiger partial charge in [0, 0.05) is 26.2 Å². The molecule has 2 rings (SSSR count). The van der Waals surface area contributed by atoms with Crippen molar-refractivity contribution in [2.24, 2.45) is 5.92 Å². The molecule has 0 aliphatic rings. The first-order chi connectivity index (χ1) is 12.3. The third-order valence-electron chi connectivity index (χ3n) is 4.13. The zero-order chi connectivity index (χ0) is 19.1. The number of carbonyl (C=O) groups excluding carboxylic acids is 2. The first-order valence-corrected chi connectivity index (χ1v) is 9.00. The van der Waals surface area contributed by atoms with E-state index < -0.39 is 0 Å². The standard InChI is InChI=1S/C22H28N2O2/c1-16(2)13-17-5-7-18(8-6-17)14-21(25)23-15-19-9-11-20(12-10-19)22(26)24(3)4/h5-12,16H,13-15H2,1-4H3,(H,23,25). The van der Waals surface area contributed by atoms with Gasteiger partial charge in [-0.3, -0.25) is 9.59 Å². The van der Waals surface area contributed by atoms with Crippen LogP contribution in [0.1, 0.15) is 40.9 Å².